The Morgan fingerprint density at radius 2 is 1.03 bits per heavy atom. The van der Waals surface area contributed by atoms with Crippen LogP contribution in [0.5, 0.6) is 0 Å². The predicted molar refractivity (Wildman–Crippen MR) is 112 cm³/mol. The molecule has 0 amide bonds. The molecule has 5 rings (SSSR count). The van der Waals surface area contributed by atoms with E-state index in [0.717, 1.165) is 25.7 Å². The van der Waals surface area contributed by atoms with Gasteiger partial charge in [-0.2, -0.15) is 0 Å². The Bertz CT molecular complexity index is 732. The second-order valence-corrected chi connectivity index (χ2v) is 9.64. The van der Waals surface area contributed by atoms with E-state index in [4.69, 9.17) is 9.47 Å². The second-order valence-electron chi connectivity index (χ2n) is 9.64. The van der Waals surface area contributed by atoms with Gasteiger partial charge in [-0.3, -0.25) is 0 Å². The number of carbonyl (C=O) groups excluding carboxylic acids is 2. The van der Waals surface area contributed by atoms with Crippen LogP contribution < -0.4 is 0 Å². The zero-order chi connectivity index (χ0) is 20.8. The second kappa shape index (κ2) is 7.97. The van der Waals surface area contributed by atoms with Gasteiger partial charge in [0.05, 0.1) is 11.1 Å². The number of nitrogens with zero attached hydrogens (tertiary/aromatic N) is 2. The van der Waals surface area contributed by atoms with Crippen molar-refractivity contribution >= 4 is 11.9 Å². The summed E-state index contributed by atoms with van der Waals surface area (Å²) in [5, 5.41) is 0. The molecule has 4 bridgehead atoms. The molecule has 6 nitrogen and oxygen atoms in total. The number of rotatable bonds is 4. The molecular weight excluding hydrogens is 380 g/mol. The number of piperidine rings is 2. The third-order valence-corrected chi connectivity index (χ3v) is 8.02. The van der Waals surface area contributed by atoms with Crippen molar-refractivity contribution in [3.8, 4) is 0 Å². The summed E-state index contributed by atoms with van der Waals surface area (Å²) in [5.41, 5.74) is 0.648. The molecule has 0 spiro atoms. The lowest BCUT2D eigenvalue weighted by atomic mass is 10.00. The monoisotopic (exact) mass is 412 g/mol. The first-order chi connectivity index (χ1) is 14.5. The fraction of sp³-hybridized carbons (Fsp3) is 0.667. The van der Waals surface area contributed by atoms with Crippen LogP contribution in [0.1, 0.15) is 72.1 Å². The predicted octanol–water partition coefficient (Wildman–Crippen LogP) is 3.25. The van der Waals surface area contributed by atoms with Crippen molar-refractivity contribution in [2.75, 3.05) is 14.1 Å². The fourth-order valence-electron chi connectivity index (χ4n) is 6.18. The number of carbonyl (C=O) groups is 2. The molecule has 0 aliphatic carbocycles. The zero-order valence-electron chi connectivity index (χ0n) is 18.0. The average Bonchev–Trinajstić information content (AvgIpc) is 3.07. The van der Waals surface area contributed by atoms with Crippen LogP contribution >= 0.6 is 0 Å². The topological polar surface area (TPSA) is 59.1 Å². The highest BCUT2D eigenvalue weighted by molar-refractivity contribution is 6.03. The first-order valence-electron chi connectivity index (χ1n) is 11.4. The van der Waals surface area contributed by atoms with E-state index < -0.39 is 11.9 Å². The fourth-order valence-corrected chi connectivity index (χ4v) is 6.18. The first kappa shape index (κ1) is 20.0. The summed E-state index contributed by atoms with van der Waals surface area (Å²) >= 11 is 0. The van der Waals surface area contributed by atoms with E-state index in [1.165, 1.54) is 25.7 Å². The molecule has 30 heavy (non-hydrogen) atoms. The summed E-state index contributed by atoms with van der Waals surface area (Å²) in [6.45, 7) is 0. The summed E-state index contributed by atoms with van der Waals surface area (Å²) in [5.74, 6) is -0.806. The molecule has 6 heteroatoms. The zero-order valence-corrected chi connectivity index (χ0v) is 18.0. The largest absolute Gasteiger partial charge is 0.459 e. The Morgan fingerprint density at radius 3 is 1.37 bits per heavy atom. The first-order valence-corrected chi connectivity index (χ1v) is 11.4. The number of hydrogen-bond acceptors (Lipinski definition) is 6. The number of ether oxygens (including phenoxy) is 2. The summed E-state index contributed by atoms with van der Waals surface area (Å²) < 4.78 is 11.7. The van der Waals surface area contributed by atoms with E-state index >= 15 is 0 Å². The molecule has 4 saturated heterocycles. The van der Waals surface area contributed by atoms with Crippen molar-refractivity contribution < 1.29 is 19.1 Å². The van der Waals surface area contributed by atoms with Gasteiger partial charge in [0.2, 0.25) is 0 Å². The molecule has 162 valence electrons. The van der Waals surface area contributed by atoms with Crippen LogP contribution in [0.4, 0.5) is 0 Å². The number of benzene rings is 1. The molecular formula is C24H32N2O4. The molecule has 0 aromatic heterocycles. The van der Waals surface area contributed by atoms with Crippen molar-refractivity contribution in [1.29, 1.82) is 0 Å². The van der Waals surface area contributed by atoms with Crippen LogP contribution in [-0.2, 0) is 9.47 Å². The SMILES string of the molecule is CN1[C@@H]2CC[C@H]1CC(OC(=O)c1ccccc1C(=O)OC1C[C@H]3CC[C@@H](C1)N3C)C2. The summed E-state index contributed by atoms with van der Waals surface area (Å²) in [4.78, 5) is 30.7. The van der Waals surface area contributed by atoms with Gasteiger partial charge in [0.15, 0.2) is 0 Å². The van der Waals surface area contributed by atoms with Crippen LogP contribution in [0.25, 0.3) is 0 Å². The highest BCUT2D eigenvalue weighted by Gasteiger charge is 2.41. The summed E-state index contributed by atoms with van der Waals surface area (Å²) in [6.07, 6.45) is 8.08. The van der Waals surface area contributed by atoms with Gasteiger partial charge in [-0.05, 0) is 51.9 Å². The van der Waals surface area contributed by atoms with Gasteiger partial charge >= 0.3 is 11.9 Å². The van der Waals surface area contributed by atoms with Crippen molar-refractivity contribution in [2.24, 2.45) is 0 Å². The smallest absolute Gasteiger partial charge is 0.339 e. The summed E-state index contributed by atoms with van der Waals surface area (Å²) in [7, 11) is 4.34. The van der Waals surface area contributed by atoms with E-state index in [0.29, 0.717) is 35.3 Å². The summed E-state index contributed by atoms with van der Waals surface area (Å²) in [6, 6.07) is 8.93. The number of esters is 2. The van der Waals surface area contributed by atoms with E-state index in [9.17, 15) is 9.59 Å². The van der Waals surface area contributed by atoms with E-state index in [-0.39, 0.29) is 12.2 Å². The van der Waals surface area contributed by atoms with Gasteiger partial charge in [0.1, 0.15) is 12.2 Å². The molecule has 4 fully saturated rings. The Labute approximate surface area is 178 Å². The average molecular weight is 413 g/mol. The minimum absolute atomic E-state index is 0.0696. The molecule has 1 aromatic rings. The van der Waals surface area contributed by atoms with Crippen LogP contribution in [0.2, 0.25) is 0 Å². The van der Waals surface area contributed by atoms with Crippen LogP contribution in [0.15, 0.2) is 24.3 Å². The van der Waals surface area contributed by atoms with Crippen LogP contribution in [-0.4, -0.2) is 72.2 Å². The Morgan fingerprint density at radius 1 is 0.700 bits per heavy atom. The third kappa shape index (κ3) is 3.65. The van der Waals surface area contributed by atoms with Crippen molar-refractivity contribution in [3.63, 3.8) is 0 Å². The molecule has 0 N–H and O–H groups in total. The van der Waals surface area contributed by atoms with Gasteiger partial charge in [-0.25, -0.2) is 9.59 Å². The van der Waals surface area contributed by atoms with E-state index in [1.807, 2.05) is 0 Å². The minimum atomic E-state index is -0.403. The van der Waals surface area contributed by atoms with Crippen LogP contribution in [0.3, 0.4) is 0 Å². The van der Waals surface area contributed by atoms with Crippen molar-refractivity contribution in [1.82, 2.24) is 9.80 Å². The van der Waals surface area contributed by atoms with E-state index in [1.54, 1.807) is 24.3 Å². The highest BCUT2D eigenvalue weighted by Crippen LogP contribution is 2.37. The van der Waals surface area contributed by atoms with Gasteiger partial charge in [0.25, 0.3) is 0 Å². The Hall–Kier alpha value is -1.92. The minimum Gasteiger partial charge on any atom is -0.459 e. The normalized spacial score (nSPS) is 35.9. The van der Waals surface area contributed by atoms with Crippen molar-refractivity contribution in [2.45, 2.75) is 87.7 Å². The maximum absolute atomic E-state index is 13.0. The molecule has 0 saturated carbocycles. The maximum Gasteiger partial charge on any atom is 0.339 e. The Balaban J connectivity index is 1.25. The lowest BCUT2D eigenvalue weighted by molar-refractivity contribution is -0.00441. The van der Waals surface area contributed by atoms with Crippen molar-refractivity contribution in [3.05, 3.63) is 35.4 Å². The molecule has 1 aromatic carbocycles. The Kier molecular flexibility index (Phi) is 5.31. The van der Waals surface area contributed by atoms with Gasteiger partial charge in [-0.1, -0.05) is 12.1 Å². The molecule has 6 atom stereocenters. The van der Waals surface area contributed by atoms with E-state index in [2.05, 4.69) is 23.9 Å². The van der Waals surface area contributed by atoms with Gasteiger partial charge < -0.3 is 19.3 Å². The van der Waals surface area contributed by atoms with Gasteiger partial charge in [0, 0.05) is 49.9 Å². The standard InChI is InChI=1S/C24H32N2O4/c1-25-15-7-8-16(25)12-19(11-15)29-23(27)21-5-3-4-6-22(21)24(28)30-20-13-17-9-10-18(14-20)26(17)2/h3-6,15-20H,7-14H2,1-2H3/t15-,16+,17-,18+,19?,20?. The number of hydrogen-bond donors (Lipinski definition) is 0. The van der Waals surface area contributed by atoms with Crippen LogP contribution in [0, 0.1) is 0 Å². The quantitative estimate of drug-likeness (QED) is 0.708. The highest BCUT2D eigenvalue weighted by atomic mass is 16.6. The molecule has 4 heterocycles. The lowest BCUT2D eigenvalue weighted by Crippen LogP contribution is -2.43. The third-order valence-electron chi connectivity index (χ3n) is 8.02. The molecule has 0 radical (unpaired) electrons. The maximum atomic E-state index is 13.0. The molecule has 4 aliphatic rings. The molecule has 4 aliphatic heterocycles. The van der Waals surface area contributed by atoms with Gasteiger partial charge in [-0.15, -0.1) is 0 Å². The molecule has 2 unspecified atom stereocenters. The lowest BCUT2D eigenvalue weighted by Gasteiger charge is -2.36. The number of fused-ring (bicyclic) bond motifs is 4.